The highest BCUT2D eigenvalue weighted by atomic mass is 32.2. The van der Waals surface area contributed by atoms with Gasteiger partial charge in [-0.1, -0.05) is 37.1 Å². The molecule has 53 heavy (non-hydrogen) atoms. The smallest absolute Gasteiger partial charge is 0.410 e. The van der Waals surface area contributed by atoms with Gasteiger partial charge in [0.05, 0.1) is 18.3 Å². The number of benzene rings is 1. The summed E-state index contributed by atoms with van der Waals surface area (Å²) < 4.78 is 51.9. The van der Waals surface area contributed by atoms with Gasteiger partial charge in [-0.25, -0.2) is 22.4 Å². The Morgan fingerprint density at radius 3 is 2.45 bits per heavy atom. The van der Waals surface area contributed by atoms with E-state index in [9.17, 15) is 36.8 Å². The number of halogens is 1. The number of carbonyl (C=O) groups excluding carboxylic acids is 5. The lowest BCUT2D eigenvalue weighted by atomic mass is 10.0. The molecule has 0 aromatic heterocycles. The fraction of sp³-hybridized carbons (Fsp3) is 0.649. The first-order chi connectivity index (χ1) is 25.4. The van der Waals surface area contributed by atoms with Crippen molar-refractivity contribution < 1.29 is 46.3 Å². The van der Waals surface area contributed by atoms with Crippen molar-refractivity contribution in [1.82, 2.24) is 19.8 Å². The van der Waals surface area contributed by atoms with E-state index in [2.05, 4.69) is 10.0 Å². The van der Waals surface area contributed by atoms with E-state index in [1.807, 2.05) is 12.2 Å². The Balaban J connectivity index is 0.901. The van der Waals surface area contributed by atoms with E-state index < -0.39 is 69.2 Å². The first-order valence-electron chi connectivity index (χ1n) is 18.9. The molecule has 1 aromatic carbocycles. The zero-order valence-electron chi connectivity index (χ0n) is 29.6. The normalized spacial score (nSPS) is 29.0. The molecule has 0 bridgehead atoms. The van der Waals surface area contributed by atoms with Gasteiger partial charge in [-0.3, -0.25) is 24.0 Å². The number of unbranched alkanes of at least 4 members (excludes halogenated alkanes) is 3. The predicted molar refractivity (Wildman–Crippen MR) is 187 cm³/mol. The minimum atomic E-state index is -3.55. The van der Waals surface area contributed by atoms with Crippen molar-refractivity contribution in [3.8, 4) is 0 Å². The van der Waals surface area contributed by atoms with Crippen LogP contribution in [0.4, 0.5) is 14.0 Å². The van der Waals surface area contributed by atoms with E-state index in [4.69, 9.17) is 15.2 Å². The molecule has 1 unspecified atom stereocenters. The van der Waals surface area contributed by atoms with E-state index in [1.54, 1.807) is 12.1 Å². The van der Waals surface area contributed by atoms with Crippen molar-refractivity contribution in [1.29, 1.82) is 0 Å². The fourth-order valence-corrected chi connectivity index (χ4v) is 9.48. The summed E-state index contributed by atoms with van der Waals surface area (Å²) >= 11 is 0. The number of amides is 5. The van der Waals surface area contributed by atoms with Gasteiger partial charge in [0.25, 0.3) is 0 Å². The molecule has 4 aliphatic carbocycles. The third-order valence-corrected chi connectivity index (χ3v) is 13.4. The third kappa shape index (κ3) is 8.95. The van der Waals surface area contributed by atoms with Crippen molar-refractivity contribution in [2.45, 2.75) is 120 Å². The number of hydrogen-bond donors (Lipinski definition) is 3. The van der Waals surface area contributed by atoms with Crippen LogP contribution in [0.5, 0.6) is 0 Å². The molecule has 14 nitrogen and oxygen atoms in total. The van der Waals surface area contributed by atoms with Crippen LogP contribution in [-0.2, 0) is 47.0 Å². The molecule has 16 heteroatoms. The summed E-state index contributed by atoms with van der Waals surface area (Å²) in [5.74, 6) is -1.23. The fourth-order valence-electron chi connectivity index (χ4n) is 8.13. The van der Waals surface area contributed by atoms with Crippen LogP contribution in [0.3, 0.4) is 0 Å². The Labute approximate surface area is 308 Å². The number of nitrogens with zero attached hydrogens (tertiary/aromatic N) is 2. The summed E-state index contributed by atoms with van der Waals surface area (Å²) in [6.45, 7) is 0.134. The second kappa shape index (κ2) is 15.3. The number of sulfonamides is 1. The molecule has 2 heterocycles. The highest BCUT2D eigenvalue weighted by Gasteiger charge is 2.48. The van der Waals surface area contributed by atoms with Crippen LogP contribution < -0.4 is 15.8 Å². The van der Waals surface area contributed by atoms with Gasteiger partial charge in [0, 0.05) is 24.4 Å². The number of carbonyl (C=O) groups is 5. The number of hydrogen-bond acceptors (Lipinski definition) is 9. The summed E-state index contributed by atoms with van der Waals surface area (Å²) in [5, 5.41) is 2.30. The molecular weight excluding hydrogens is 709 g/mol. The van der Waals surface area contributed by atoms with E-state index in [0.29, 0.717) is 48.6 Å². The molecule has 4 N–H and O–H groups in total. The largest absolute Gasteiger partial charge is 0.446 e. The van der Waals surface area contributed by atoms with Gasteiger partial charge in [0.2, 0.25) is 27.7 Å². The topological polar surface area (TPSA) is 195 Å². The predicted octanol–water partition coefficient (Wildman–Crippen LogP) is 3.38. The molecule has 288 valence electrons. The van der Waals surface area contributed by atoms with Crippen molar-refractivity contribution in [2.75, 3.05) is 6.54 Å². The number of nitrogens with two attached hydrogens (primary N) is 1. The van der Waals surface area contributed by atoms with Crippen LogP contribution in [-0.4, -0.2) is 84.2 Å². The molecule has 1 aromatic rings. The first-order valence-corrected chi connectivity index (χ1v) is 20.4. The lowest BCUT2D eigenvalue weighted by Crippen LogP contribution is -2.53. The average Bonchev–Trinajstić information content (AvgIpc) is 4.07. The first kappa shape index (κ1) is 37.1. The monoisotopic (exact) mass is 757 g/mol. The van der Waals surface area contributed by atoms with Gasteiger partial charge >= 0.3 is 12.2 Å². The molecular formula is C37H48FN5O9S. The Morgan fingerprint density at radius 1 is 0.962 bits per heavy atom. The Kier molecular flexibility index (Phi) is 10.7. The van der Waals surface area contributed by atoms with Gasteiger partial charge in [0.15, 0.2) is 0 Å². The maximum Gasteiger partial charge on any atom is 0.410 e. The highest BCUT2D eigenvalue weighted by Crippen LogP contribution is 2.52. The van der Waals surface area contributed by atoms with Crippen molar-refractivity contribution in [2.24, 2.45) is 29.4 Å². The second-order valence-corrected chi connectivity index (χ2v) is 17.6. The summed E-state index contributed by atoms with van der Waals surface area (Å²) in [5.41, 5.74) is 6.82. The molecule has 2 aliphatic heterocycles. The average molecular weight is 758 g/mol. The quantitative estimate of drug-likeness (QED) is 0.178. The molecule has 7 rings (SSSR count). The van der Waals surface area contributed by atoms with Crippen molar-refractivity contribution in [3.05, 3.63) is 47.3 Å². The number of fused-ring (bicyclic) bond motifs is 2. The molecule has 0 spiro atoms. The minimum Gasteiger partial charge on any atom is -0.446 e. The van der Waals surface area contributed by atoms with E-state index in [0.717, 1.165) is 38.5 Å². The second-order valence-electron chi connectivity index (χ2n) is 15.6. The zero-order chi connectivity index (χ0) is 37.4. The highest BCUT2D eigenvalue weighted by molar-refractivity contribution is 7.90. The maximum atomic E-state index is 14.3. The van der Waals surface area contributed by atoms with Crippen molar-refractivity contribution >= 4 is 39.9 Å². The summed E-state index contributed by atoms with van der Waals surface area (Å²) in [4.78, 5) is 67.5. The van der Waals surface area contributed by atoms with Crippen LogP contribution in [0.15, 0.2) is 30.4 Å². The zero-order valence-corrected chi connectivity index (χ0v) is 30.4. The summed E-state index contributed by atoms with van der Waals surface area (Å²) in [7, 11) is -3.55. The third-order valence-electron chi connectivity index (χ3n) is 11.5. The molecule has 5 fully saturated rings. The van der Waals surface area contributed by atoms with Crippen LogP contribution in [0.25, 0.3) is 0 Å². The number of rotatable bonds is 15. The molecule has 6 aliphatic rings. The van der Waals surface area contributed by atoms with Gasteiger partial charge in [0.1, 0.15) is 30.1 Å². The van der Waals surface area contributed by atoms with Crippen LogP contribution in [0.1, 0.15) is 88.2 Å². The van der Waals surface area contributed by atoms with Crippen molar-refractivity contribution in [3.63, 3.8) is 0 Å². The number of primary amides is 1. The van der Waals surface area contributed by atoms with Gasteiger partial charge in [-0.05, 0) is 87.2 Å². The lowest BCUT2D eigenvalue weighted by Gasteiger charge is -2.28. The number of alkyl carbamates (subject to hydrolysis) is 1. The molecule has 8 atom stereocenters. The van der Waals surface area contributed by atoms with Gasteiger partial charge < -0.3 is 25.4 Å². The molecule has 4 saturated carbocycles. The lowest BCUT2D eigenvalue weighted by molar-refractivity contribution is -0.139. The SMILES string of the molecule is NC(=O)[C@@H]1C[C@@H](OC(=O)N2Cc3cccc(F)c3C2)CN1C(=O)[C@H](CCCCC/C=C\[C@@H]1C[C@@H]1C(=O)NS(=O)(=O)C1CC1)NC(=O)OC1C[C@@H]2C[C@@H]2C1. The Hall–Kier alpha value is -4.21. The number of likely N-dealkylation sites (tertiary alicyclic amines) is 1. The maximum absolute atomic E-state index is 14.3. The number of allylic oxidation sites excluding steroid dienone is 2. The Bertz CT molecular complexity index is 1760. The van der Waals surface area contributed by atoms with Crippen LogP contribution in [0, 0.1) is 29.5 Å². The van der Waals surface area contributed by atoms with Crippen LogP contribution >= 0.6 is 0 Å². The van der Waals surface area contributed by atoms with Crippen LogP contribution in [0.2, 0.25) is 0 Å². The molecule has 0 radical (unpaired) electrons. The standard InChI is InChI=1S/C37H48FN5O9S/c38-30-9-6-8-22-18-42(20-29(22)30)37(48)52-26-17-32(33(39)44)43(19-26)35(46)31(40-36(47)51-25-14-23-13-24(23)15-25)10-5-3-1-2-4-7-21-16-28(21)34(45)41-53(49,50)27-11-12-27/h4,6-9,21,23-28,31-32H,1-3,5,10-20H2,(H2,39,44)(H,40,47)(H,41,45)/b7-4-/t21-,23-,24+,25?,26-,28+,31+,32+/m1/s1. The van der Waals surface area contributed by atoms with Gasteiger partial charge in [-0.15, -0.1) is 0 Å². The number of nitrogens with one attached hydrogen (secondary N) is 2. The van der Waals surface area contributed by atoms with Gasteiger partial charge in [-0.2, -0.15) is 0 Å². The summed E-state index contributed by atoms with van der Waals surface area (Å²) in [6.07, 6.45) is 9.20. The molecule has 1 saturated heterocycles. The number of ether oxygens (including phenoxy) is 2. The summed E-state index contributed by atoms with van der Waals surface area (Å²) in [6, 6.07) is 2.61. The van der Waals surface area contributed by atoms with E-state index in [-0.39, 0.29) is 50.4 Å². The minimum absolute atomic E-state index is 0.00381. The Morgan fingerprint density at radius 2 is 1.74 bits per heavy atom. The van der Waals surface area contributed by atoms with E-state index in [1.165, 1.54) is 15.9 Å². The van der Waals surface area contributed by atoms with E-state index >= 15 is 0 Å². The molecule has 5 amide bonds.